The Bertz CT molecular complexity index is 1510. The van der Waals surface area contributed by atoms with Crippen molar-refractivity contribution in [1.82, 2.24) is 19.4 Å². The summed E-state index contributed by atoms with van der Waals surface area (Å²) < 4.78 is 22.3. The number of fused-ring (bicyclic) bond motifs is 3. The predicted molar refractivity (Wildman–Crippen MR) is 163 cm³/mol. The van der Waals surface area contributed by atoms with Gasteiger partial charge in [-0.05, 0) is 113 Å². The van der Waals surface area contributed by atoms with Crippen molar-refractivity contribution in [1.29, 1.82) is 0 Å². The topological polar surface area (TPSA) is 67.7 Å². The molecule has 2 bridgehead atoms. The van der Waals surface area contributed by atoms with Gasteiger partial charge in [0, 0.05) is 31.2 Å². The number of para-hydroxylation sites is 2. The second kappa shape index (κ2) is 11.0. The van der Waals surface area contributed by atoms with Crippen molar-refractivity contribution in [3.63, 3.8) is 0 Å². The Labute approximate surface area is 253 Å². The number of imidazole rings is 1. The van der Waals surface area contributed by atoms with Gasteiger partial charge in [-0.3, -0.25) is 14.5 Å². The minimum absolute atomic E-state index is 0.0822. The number of aryl methyl sites for hydroxylation is 1. The maximum Gasteiger partial charge on any atom is 0.321 e. The van der Waals surface area contributed by atoms with Gasteiger partial charge in [-0.15, -0.1) is 0 Å². The third-order valence-corrected chi connectivity index (χ3v) is 11.1. The molecule has 4 fully saturated rings. The molecule has 0 spiro atoms. The van der Waals surface area contributed by atoms with Crippen molar-refractivity contribution in [2.45, 2.75) is 95.2 Å². The highest BCUT2D eigenvalue weighted by atomic mass is 19.1. The number of hydrogen-bond donors (Lipinski definition) is 0. The van der Waals surface area contributed by atoms with Crippen molar-refractivity contribution in [2.24, 2.45) is 5.41 Å². The number of nitrogens with zero attached hydrogens (tertiary/aromatic N) is 4. The number of amides is 1. The Balaban J connectivity index is 1.06. The summed E-state index contributed by atoms with van der Waals surface area (Å²) in [5.41, 5.74) is 2.17. The zero-order chi connectivity index (χ0) is 29.8. The van der Waals surface area contributed by atoms with Crippen LogP contribution in [0.15, 0.2) is 48.5 Å². The van der Waals surface area contributed by atoms with Gasteiger partial charge in [0.05, 0.1) is 17.6 Å². The molecular formula is C35H43FN4O3. The standard InChI is InChI=1S/C35H43FN4O3/c1-3-43-33(42)35(13-14-35)32(41)38-18-15-34(16-19-38,25-7-6-8-26(36)21-25)17-20-39-27-11-12-28(39)23-29(22-27)40-24(2)37-30-9-4-5-10-31(30)40/h4-10,21,27-29H,3,11-20,22-23H2,1-2H3. The van der Waals surface area contributed by atoms with Crippen LogP contribution in [0.25, 0.3) is 11.0 Å². The smallest absolute Gasteiger partial charge is 0.321 e. The van der Waals surface area contributed by atoms with E-state index in [0.29, 0.717) is 44.1 Å². The molecule has 8 heteroatoms. The first-order chi connectivity index (χ1) is 20.8. The van der Waals surface area contributed by atoms with Crippen LogP contribution in [-0.2, 0) is 19.7 Å². The van der Waals surface area contributed by atoms with Crippen LogP contribution in [0, 0.1) is 18.2 Å². The lowest BCUT2D eigenvalue weighted by Gasteiger charge is -2.46. The average molecular weight is 587 g/mol. The molecule has 1 amide bonds. The molecule has 43 heavy (non-hydrogen) atoms. The van der Waals surface area contributed by atoms with Crippen LogP contribution in [0.4, 0.5) is 4.39 Å². The fourth-order valence-electron chi connectivity index (χ4n) is 8.63. The number of carbonyl (C=O) groups is 2. The summed E-state index contributed by atoms with van der Waals surface area (Å²) in [4.78, 5) is 35.5. The lowest BCUT2D eigenvalue weighted by molar-refractivity contribution is -0.158. The number of ether oxygens (including phenoxy) is 1. The molecule has 3 aromatic rings. The molecule has 0 N–H and O–H groups in total. The Morgan fingerprint density at radius 3 is 2.37 bits per heavy atom. The molecule has 2 aromatic carbocycles. The largest absolute Gasteiger partial charge is 0.465 e. The van der Waals surface area contributed by atoms with E-state index < -0.39 is 5.41 Å². The van der Waals surface area contributed by atoms with Crippen LogP contribution in [0.1, 0.15) is 82.1 Å². The van der Waals surface area contributed by atoms with Gasteiger partial charge in [0.2, 0.25) is 5.91 Å². The fraction of sp³-hybridized carbons (Fsp3) is 0.571. The number of halogens is 1. The van der Waals surface area contributed by atoms with Crippen molar-refractivity contribution in [3.05, 3.63) is 65.7 Å². The first kappa shape index (κ1) is 28.5. The quantitative estimate of drug-likeness (QED) is 0.241. The summed E-state index contributed by atoms with van der Waals surface area (Å²) in [7, 11) is 0. The molecule has 0 radical (unpaired) electrons. The Kier molecular flexibility index (Phi) is 7.31. The van der Waals surface area contributed by atoms with E-state index in [1.54, 1.807) is 13.0 Å². The minimum atomic E-state index is -0.975. The van der Waals surface area contributed by atoms with Crippen molar-refractivity contribution in [2.75, 3.05) is 26.2 Å². The average Bonchev–Trinajstić information content (AvgIpc) is 3.70. The molecule has 1 saturated carbocycles. The zero-order valence-electron chi connectivity index (χ0n) is 25.4. The Morgan fingerprint density at radius 1 is 0.977 bits per heavy atom. The molecule has 3 saturated heterocycles. The van der Waals surface area contributed by atoms with Crippen molar-refractivity contribution < 1.29 is 18.7 Å². The first-order valence-corrected chi connectivity index (χ1v) is 16.3. The van der Waals surface area contributed by atoms with Crippen LogP contribution in [0.5, 0.6) is 0 Å². The number of aromatic nitrogens is 2. The number of piperidine rings is 2. The van der Waals surface area contributed by atoms with Gasteiger partial charge < -0.3 is 14.2 Å². The van der Waals surface area contributed by atoms with Gasteiger partial charge in [0.25, 0.3) is 0 Å². The van der Waals surface area contributed by atoms with E-state index in [4.69, 9.17) is 9.72 Å². The summed E-state index contributed by atoms with van der Waals surface area (Å²) in [6, 6.07) is 17.1. The van der Waals surface area contributed by atoms with E-state index >= 15 is 0 Å². The fourth-order valence-corrected chi connectivity index (χ4v) is 8.63. The third kappa shape index (κ3) is 4.95. The van der Waals surface area contributed by atoms with Gasteiger partial charge >= 0.3 is 5.97 Å². The highest BCUT2D eigenvalue weighted by Gasteiger charge is 2.60. The number of likely N-dealkylation sites (tertiary alicyclic amines) is 1. The molecule has 2 unspecified atom stereocenters. The maximum absolute atomic E-state index is 14.5. The summed E-state index contributed by atoms with van der Waals surface area (Å²) in [5.74, 6) is 0.431. The lowest BCUT2D eigenvalue weighted by atomic mass is 9.70. The first-order valence-electron chi connectivity index (χ1n) is 16.3. The van der Waals surface area contributed by atoms with Gasteiger partial charge in [-0.25, -0.2) is 9.37 Å². The molecule has 2 atom stereocenters. The van der Waals surface area contributed by atoms with Crippen LogP contribution in [0.2, 0.25) is 0 Å². The Morgan fingerprint density at radius 2 is 1.70 bits per heavy atom. The predicted octanol–water partition coefficient (Wildman–Crippen LogP) is 5.95. The van der Waals surface area contributed by atoms with E-state index in [1.807, 2.05) is 11.0 Å². The molecule has 7 nitrogen and oxygen atoms in total. The molecule has 228 valence electrons. The normalized spacial score (nSPS) is 26.0. The van der Waals surface area contributed by atoms with E-state index in [9.17, 15) is 14.0 Å². The van der Waals surface area contributed by atoms with Crippen molar-refractivity contribution >= 4 is 22.9 Å². The second-order valence-corrected chi connectivity index (χ2v) is 13.4. The van der Waals surface area contributed by atoms with Gasteiger partial charge in [0.1, 0.15) is 17.1 Å². The van der Waals surface area contributed by atoms with Crippen LogP contribution in [0.3, 0.4) is 0 Å². The molecule has 1 aromatic heterocycles. The van der Waals surface area contributed by atoms with Crippen LogP contribution in [-0.4, -0.2) is 69.6 Å². The number of benzene rings is 2. The molecule has 7 rings (SSSR count). The van der Waals surface area contributed by atoms with Crippen LogP contribution >= 0.6 is 0 Å². The van der Waals surface area contributed by atoms with E-state index in [-0.39, 0.29) is 29.7 Å². The summed E-state index contributed by atoms with van der Waals surface area (Å²) in [5, 5.41) is 0. The van der Waals surface area contributed by atoms with E-state index in [1.165, 1.54) is 24.4 Å². The van der Waals surface area contributed by atoms with E-state index in [2.05, 4.69) is 46.7 Å². The number of esters is 1. The second-order valence-electron chi connectivity index (χ2n) is 13.4. The molecule has 1 aliphatic carbocycles. The van der Waals surface area contributed by atoms with Gasteiger partial charge in [-0.2, -0.15) is 0 Å². The summed E-state index contributed by atoms with van der Waals surface area (Å²) >= 11 is 0. The monoisotopic (exact) mass is 586 g/mol. The molecular weight excluding hydrogens is 543 g/mol. The summed E-state index contributed by atoms with van der Waals surface area (Å²) in [6.07, 6.45) is 8.32. The highest BCUT2D eigenvalue weighted by molar-refractivity contribution is 6.05. The van der Waals surface area contributed by atoms with E-state index in [0.717, 1.165) is 55.6 Å². The third-order valence-electron chi connectivity index (χ3n) is 11.1. The minimum Gasteiger partial charge on any atom is -0.465 e. The SMILES string of the molecule is CCOC(=O)C1(C(=O)N2CCC(CCN3C4CCC3CC(n3c(C)nc5ccccc53)C4)(c3cccc(F)c3)CC2)CC1. The summed E-state index contributed by atoms with van der Waals surface area (Å²) in [6.45, 7) is 6.34. The van der Waals surface area contributed by atoms with Crippen molar-refractivity contribution in [3.8, 4) is 0 Å². The highest BCUT2D eigenvalue weighted by Crippen LogP contribution is 2.50. The maximum atomic E-state index is 14.5. The zero-order valence-corrected chi connectivity index (χ0v) is 25.4. The number of rotatable bonds is 8. The van der Waals surface area contributed by atoms with Gasteiger partial charge in [0.15, 0.2) is 0 Å². The number of carbonyl (C=O) groups excluding carboxylic acids is 2. The molecule has 4 aliphatic rings. The molecule has 3 aliphatic heterocycles. The Hall–Kier alpha value is -3.26. The number of hydrogen-bond acceptors (Lipinski definition) is 5. The van der Waals surface area contributed by atoms with Gasteiger partial charge in [-0.1, -0.05) is 24.3 Å². The molecule has 4 heterocycles. The van der Waals surface area contributed by atoms with Crippen LogP contribution < -0.4 is 0 Å². The lowest BCUT2D eigenvalue weighted by Crippen LogP contribution is -2.51.